The summed E-state index contributed by atoms with van der Waals surface area (Å²) < 4.78 is 6.95. The Hall–Kier alpha value is -2.95. The molecule has 0 amide bonds. The number of rotatable bonds is 4. The molecule has 0 atom stereocenters. The number of hydrogen-bond donors (Lipinski definition) is 0. The zero-order valence-corrected chi connectivity index (χ0v) is 11.2. The van der Waals surface area contributed by atoms with Gasteiger partial charge in [-0.15, -0.1) is 0 Å². The third kappa shape index (κ3) is 3.14. The molecule has 0 radical (unpaired) electrons. The van der Waals surface area contributed by atoms with Gasteiger partial charge in [-0.05, 0) is 30.3 Å². The van der Waals surface area contributed by atoms with Gasteiger partial charge in [-0.2, -0.15) is 5.10 Å². The second kappa shape index (κ2) is 6.00. The number of carbonyl (C=O) groups is 1. The van der Waals surface area contributed by atoms with Crippen molar-refractivity contribution in [3.05, 3.63) is 78.4 Å². The number of carbonyl (C=O) groups excluding carboxylic acids is 1. The van der Waals surface area contributed by atoms with Crippen LogP contribution in [0.2, 0.25) is 0 Å². The van der Waals surface area contributed by atoms with Crippen LogP contribution in [0.3, 0.4) is 0 Å². The summed E-state index contributed by atoms with van der Waals surface area (Å²) in [4.78, 5) is 15.7. The lowest BCUT2D eigenvalue weighted by atomic mass is 10.3. The van der Waals surface area contributed by atoms with E-state index in [1.165, 1.54) is 6.20 Å². The molecule has 5 nitrogen and oxygen atoms in total. The minimum absolute atomic E-state index is 0.133. The first kappa shape index (κ1) is 13.1. The van der Waals surface area contributed by atoms with E-state index in [0.29, 0.717) is 11.3 Å². The van der Waals surface area contributed by atoms with Gasteiger partial charge < -0.3 is 4.74 Å². The quantitative estimate of drug-likeness (QED) is 0.689. The molecule has 3 rings (SSSR count). The summed E-state index contributed by atoms with van der Waals surface area (Å²) in [5.74, 6) is -0.405. The van der Waals surface area contributed by atoms with Gasteiger partial charge in [-0.25, -0.2) is 9.48 Å². The predicted molar refractivity (Wildman–Crippen MR) is 76.9 cm³/mol. The van der Waals surface area contributed by atoms with Gasteiger partial charge in [0, 0.05) is 18.6 Å². The molecule has 0 unspecified atom stereocenters. The highest BCUT2D eigenvalue weighted by molar-refractivity contribution is 5.88. The van der Waals surface area contributed by atoms with Crippen LogP contribution in [-0.4, -0.2) is 20.7 Å². The highest BCUT2D eigenvalue weighted by Gasteiger charge is 2.08. The molecule has 0 spiro atoms. The Kier molecular flexibility index (Phi) is 3.73. The Bertz CT molecular complexity index is 724. The molecule has 0 aliphatic rings. The van der Waals surface area contributed by atoms with E-state index >= 15 is 0 Å². The number of esters is 1. The summed E-state index contributed by atoms with van der Waals surface area (Å²) in [7, 11) is 0. The fraction of sp³-hybridized carbons (Fsp3) is 0.0625. The van der Waals surface area contributed by atoms with E-state index in [-0.39, 0.29) is 6.61 Å². The highest BCUT2D eigenvalue weighted by Crippen LogP contribution is 2.08. The number of pyridine rings is 1. The molecule has 0 aliphatic carbocycles. The van der Waals surface area contributed by atoms with Crippen LogP contribution in [0, 0.1) is 0 Å². The van der Waals surface area contributed by atoms with Crippen LogP contribution in [0.5, 0.6) is 0 Å². The van der Waals surface area contributed by atoms with Crippen LogP contribution in [0.25, 0.3) is 5.69 Å². The van der Waals surface area contributed by atoms with Gasteiger partial charge in [0.1, 0.15) is 12.3 Å². The third-order valence-corrected chi connectivity index (χ3v) is 2.91. The molecule has 104 valence electrons. The fourth-order valence-corrected chi connectivity index (χ4v) is 1.87. The van der Waals surface area contributed by atoms with Crippen molar-refractivity contribution in [1.29, 1.82) is 0 Å². The van der Waals surface area contributed by atoms with Gasteiger partial charge in [-0.3, -0.25) is 4.98 Å². The molecular weight excluding hydrogens is 266 g/mol. The Balaban J connectivity index is 1.64. The standard InChI is InChI=1S/C16H13N3O2/c20-16(13-5-4-9-17-11-13)21-12-14-8-10-19(18-14)15-6-2-1-3-7-15/h1-11H,12H2. The lowest BCUT2D eigenvalue weighted by molar-refractivity contribution is 0.0467. The van der Waals surface area contributed by atoms with Crippen LogP contribution < -0.4 is 0 Å². The summed E-state index contributed by atoms with van der Waals surface area (Å²) in [6, 6.07) is 14.9. The van der Waals surface area contributed by atoms with Crippen molar-refractivity contribution in [2.75, 3.05) is 0 Å². The molecule has 0 saturated carbocycles. The lowest BCUT2D eigenvalue weighted by Crippen LogP contribution is -2.06. The fourth-order valence-electron chi connectivity index (χ4n) is 1.87. The largest absolute Gasteiger partial charge is 0.455 e. The number of para-hydroxylation sites is 1. The summed E-state index contributed by atoms with van der Waals surface area (Å²) in [5.41, 5.74) is 2.08. The third-order valence-electron chi connectivity index (χ3n) is 2.91. The van der Waals surface area contributed by atoms with Crippen molar-refractivity contribution in [2.45, 2.75) is 6.61 Å². The van der Waals surface area contributed by atoms with Crippen LogP contribution in [0.15, 0.2) is 67.1 Å². The van der Waals surface area contributed by atoms with Crippen LogP contribution in [0.4, 0.5) is 0 Å². The van der Waals surface area contributed by atoms with Crippen LogP contribution >= 0.6 is 0 Å². The van der Waals surface area contributed by atoms with E-state index in [2.05, 4.69) is 10.1 Å². The van der Waals surface area contributed by atoms with E-state index in [1.54, 1.807) is 23.0 Å². The second-order valence-electron chi connectivity index (χ2n) is 4.41. The smallest absolute Gasteiger partial charge is 0.340 e. The monoisotopic (exact) mass is 279 g/mol. The highest BCUT2D eigenvalue weighted by atomic mass is 16.5. The average molecular weight is 279 g/mol. The van der Waals surface area contributed by atoms with Gasteiger partial charge >= 0.3 is 5.97 Å². The topological polar surface area (TPSA) is 57.0 Å². The van der Waals surface area contributed by atoms with E-state index < -0.39 is 5.97 Å². The van der Waals surface area contributed by atoms with E-state index in [4.69, 9.17) is 4.74 Å². The molecule has 0 aliphatic heterocycles. The Morgan fingerprint density at radius 1 is 1.10 bits per heavy atom. The number of ether oxygens (including phenoxy) is 1. The first-order valence-electron chi connectivity index (χ1n) is 6.50. The normalized spacial score (nSPS) is 10.3. The maximum absolute atomic E-state index is 11.8. The summed E-state index contributed by atoms with van der Waals surface area (Å²) in [6.07, 6.45) is 4.92. The molecule has 1 aromatic carbocycles. The number of hydrogen-bond acceptors (Lipinski definition) is 4. The number of benzene rings is 1. The minimum Gasteiger partial charge on any atom is -0.455 e. The number of aromatic nitrogens is 3. The van der Waals surface area contributed by atoms with Crippen molar-refractivity contribution in [3.8, 4) is 5.69 Å². The van der Waals surface area contributed by atoms with Gasteiger partial charge in [0.2, 0.25) is 0 Å². The maximum Gasteiger partial charge on any atom is 0.340 e. The predicted octanol–water partition coefficient (Wildman–Crippen LogP) is 2.62. The van der Waals surface area contributed by atoms with Gasteiger partial charge in [0.25, 0.3) is 0 Å². The second-order valence-corrected chi connectivity index (χ2v) is 4.41. The van der Waals surface area contributed by atoms with Gasteiger partial charge in [0.15, 0.2) is 0 Å². The van der Waals surface area contributed by atoms with E-state index in [1.807, 2.05) is 42.6 Å². The molecule has 0 fully saturated rings. The van der Waals surface area contributed by atoms with E-state index in [9.17, 15) is 4.79 Å². The van der Waals surface area contributed by atoms with Gasteiger partial charge in [0.05, 0.1) is 11.3 Å². The van der Waals surface area contributed by atoms with Crippen molar-refractivity contribution in [3.63, 3.8) is 0 Å². The Morgan fingerprint density at radius 3 is 2.71 bits per heavy atom. The minimum atomic E-state index is -0.405. The molecule has 0 saturated heterocycles. The van der Waals surface area contributed by atoms with E-state index in [0.717, 1.165) is 5.69 Å². The molecule has 2 aromatic heterocycles. The first-order chi connectivity index (χ1) is 10.3. The first-order valence-corrected chi connectivity index (χ1v) is 6.50. The van der Waals surface area contributed by atoms with Crippen molar-refractivity contribution < 1.29 is 9.53 Å². The molecule has 5 heteroatoms. The van der Waals surface area contributed by atoms with Gasteiger partial charge in [-0.1, -0.05) is 18.2 Å². The molecule has 3 aromatic rings. The molecule has 21 heavy (non-hydrogen) atoms. The zero-order chi connectivity index (χ0) is 14.5. The number of nitrogens with zero attached hydrogens (tertiary/aromatic N) is 3. The SMILES string of the molecule is O=C(OCc1ccn(-c2ccccc2)n1)c1cccnc1. The Morgan fingerprint density at radius 2 is 1.95 bits per heavy atom. The molecule has 2 heterocycles. The average Bonchev–Trinajstić information content (AvgIpc) is 3.03. The summed E-state index contributed by atoms with van der Waals surface area (Å²) in [5, 5.41) is 4.37. The zero-order valence-electron chi connectivity index (χ0n) is 11.2. The van der Waals surface area contributed by atoms with Crippen molar-refractivity contribution >= 4 is 5.97 Å². The molecule has 0 bridgehead atoms. The maximum atomic E-state index is 11.8. The summed E-state index contributed by atoms with van der Waals surface area (Å²) >= 11 is 0. The summed E-state index contributed by atoms with van der Waals surface area (Å²) in [6.45, 7) is 0.133. The van der Waals surface area contributed by atoms with Crippen molar-refractivity contribution in [2.24, 2.45) is 0 Å². The van der Waals surface area contributed by atoms with Crippen molar-refractivity contribution in [1.82, 2.24) is 14.8 Å². The lowest BCUT2D eigenvalue weighted by Gasteiger charge is -2.02. The molecular formula is C16H13N3O2. The van der Waals surface area contributed by atoms with Crippen LogP contribution in [0.1, 0.15) is 16.1 Å². The Labute approximate surface area is 121 Å². The molecule has 0 N–H and O–H groups in total. The van der Waals surface area contributed by atoms with Crippen LogP contribution in [-0.2, 0) is 11.3 Å².